The van der Waals surface area contributed by atoms with Gasteiger partial charge < -0.3 is 9.64 Å². The summed E-state index contributed by atoms with van der Waals surface area (Å²) in [6.07, 6.45) is 2.18. The van der Waals surface area contributed by atoms with Crippen LogP contribution in [0.25, 0.3) is 0 Å². The summed E-state index contributed by atoms with van der Waals surface area (Å²) in [5.41, 5.74) is -0.0709. The van der Waals surface area contributed by atoms with Gasteiger partial charge in [-0.05, 0) is 45.6 Å². The molecule has 1 saturated heterocycles. The second-order valence-corrected chi connectivity index (χ2v) is 7.58. The van der Waals surface area contributed by atoms with Crippen molar-refractivity contribution in [2.45, 2.75) is 52.1 Å². The van der Waals surface area contributed by atoms with Gasteiger partial charge in [0.1, 0.15) is 5.60 Å². The van der Waals surface area contributed by atoms with Crippen molar-refractivity contribution in [3.63, 3.8) is 0 Å². The van der Waals surface area contributed by atoms with Crippen LogP contribution < -0.4 is 5.56 Å². The first-order valence-corrected chi connectivity index (χ1v) is 8.67. The second kappa shape index (κ2) is 7.80. The van der Waals surface area contributed by atoms with Gasteiger partial charge in [0.05, 0.1) is 12.1 Å². The minimum Gasteiger partial charge on any atom is -0.460 e. The number of hydrogen-bond acceptors (Lipinski definition) is 5. The van der Waals surface area contributed by atoms with Crippen molar-refractivity contribution in [1.29, 1.82) is 0 Å². The quantitative estimate of drug-likeness (QED) is 0.765. The first kappa shape index (κ1) is 19.1. The summed E-state index contributed by atoms with van der Waals surface area (Å²) in [4.78, 5) is 37.4. The number of ether oxygens (including phenoxy) is 1. The van der Waals surface area contributed by atoms with Gasteiger partial charge in [0.2, 0.25) is 5.91 Å². The molecule has 0 atom stereocenters. The lowest BCUT2D eigenvalue weighted by molar-refractivity contribution is -0.156. The summed E-state index contributed by atoms with van der Waals surface area (Å²) in [5, 5.41) is 4.09. The Hall–Kier alpha value is -2.18. The van der Waals surface area contributed by atoms with Gasteiger partial charge in [0.25, 0.3) is 5.56 Å². The molecule has 2 heterocycles. The molecule has 0 radical (unpaired) electrons. The fourth-order valence-corrected chi connectivity index (χ4v) is 2.92. The normalized spacial score (nSPS) is 15.9. The average molecular weight is 349 g/mol. The number of piperidine rings is 1. The Morgan fingerprint density at radius 1 is 1.24 bits per heavy atom. The average Bonchev–Trinajstić information content (AvgIpc) is 2.49. The first-order valence-electron chi connectivity index (χ1n) is 8.67. The van der Waals surface area contributed by atoms with Crippen molar-refractivity contribution in [1.82, 2.24) is 14.7 Å². The number of amides is 1. The Balaban J connectivity index is 1.81. The smallest absolute Gasteiger partial charge is 0.306 e. The molecule has 0 aliphatic carbocycles. The molecule has 7 heteroatoms. The molecule has 1 aromatic heterocycles. The zero-order valence-corrected chi connectivity index (χ0v) is 15.4. The fraction of sp³-hybridized carbons (Fsp3) is 0.667. The van der Waals surface area contributed by atoms with E-state index in [1.165, 1.54) is 10.7 Å². The number of aryl methyl sites for hydroxylation is 1. The van der Waals surface area contributed by atoms with Gasteiger partial charge in [-0.2, -0.15) is 5.10 Å². The number of aromatic nitrogens is 2. The Morgan fingerprint density at radius 2 is 1.88 bits per heavy atom. The highest BCUT2D eigenvalue weighted by Gasteiger charge is 2.26. The van der Waals surface area contributed by atoms with Gasteiger partial charge in [-0.25, -0.2) is 4.68 Å². The summed E-state index contributed by atoms with van der Waals surface area (Å²) < 4.78 is 6.59. The molecule has 1 fully saturated rings. The Labute approximate surface area is 148 Å². The molecular formula is C18H27N3O4. The highest BCUT2D eigenvalue weighted by molar-refractivity contribution is 5.78. The van der Waals surface area contributed by atoms with Gasteiger partial charge in [-0.15, -0.1) is 0 Å². The van der Waals surface area contributed by atoms with E-state index in [2.05, 4.69) is 5.10 Å². The molecule has 1 aliphatic rings. The van der Waals surface area contributed by atoms with Crippen LogP contribution >= 0.6 is 0 Å². The zero-order chi connectivity index (χ0) is 18.6. The van der Waals surface area contributed by atoms with E-state index >= 15 is 0 Å². The van der Waals surface area contributed by atoms with E-state index < -0.39 is 5.60 Å². The molecule has 0 N–H and O–H groups in total. The van der Waals surface area contributed by atoms with Crippen molar-refractivity contribution in [2.75, 3.05) is 13.1 Å². The van der Waals surface area contributed by atoms with Gasteiger partial charge in [0, 0.05) is 32.6 Å². The molecule has 1 amide bonds. The maximum absolute atomic E-state index is 12.4. The third kappa shape index (κ3) is 5.99. The molecule has 1 aromatic rings. The molecule has 0 bridgehead atoms. The van der Waals surface area contributed by atoms with Crippen LogP contribution in [-0.4, -0.2) is 45.2 Å². The van der Waals surface area contributed by atoms with Crippen LogP contribution in [0.4, 0.5) is 0 Å². The summed E-state index contributed by atoms with van der Waals surface area (Å²) in [6.45, 7) is 6.86. The minimum atomic E-state index is -0.462. The monoisotopic (exact) mass is 349 g/mol. The molecule has 2 rings (SSSR count). The lowest BCUT2D eigenvalue weighted by Crippen LogP contribution is -2.40. The molecule has 1 aliphatic heterocycles. The minimum absolute atomic E-state index is 0.00173. The van der Waals surface area contributed by atoms with Crippen LogP contribution in [-0.2, 0) is 27.8 Å². The molecule has 0 aromatic carbocycles. The highest BCUT2D eigenvalue weighted by atomic mass is 16.6. The summed E-state index contributed by atoms with van der Waals surface area (Å²) in [7, 11) is 1.57. The lowest BCUT2D eigenvalue weighted by atomic mass is 9.93. The van der Waals surface area contributed by atoms with E-state index in [0.29, 0.717) is 25.2 Å². The van der Waals surface area contributed by atoms with Gasteiger partial charge in [-0.3, -0.25) is 14.4 Å². The van der Waals surface area contributed by atoms with E-state index in [4.69, 9.17) is 4.74 Å². The largest absolute Gasteiger partial charge is 0.460 e. The molecule has 7 nitrogen and oxygen atoms in total. The van der Waals surface area contributed by atoms with E-state index in [0.717, 1.165) is 12.8 Å². The maximum Gasteiger partial charge on any atom is 0.306 e. The van der Waals surface area contributed by atoms with Crippen molar-refractivity contribution in [2.24, 2.45) is 13.0 Å². The van der Waals surface area contributed by atoms with Crippen LogP contribution in [0.3, 0.4) is 0 Å². The summed E-state index contributed by atoms with van der Waals surface area (Å²) in [6, 6.07) is 3.01. The number of likely N-dealkylation sites (tertiary alicyclic amines) is 1. The van der Waals surface area contributed by atoms with Crippen LogP contribution in [0.15, 0.2) is 16.9 Å². The number of rotatable bonds is 4. The topological polar surface area (TPSA) is 81.5 Å². The van der Waals surface area contributed by atoms with Gasteiger partial charge in [0.15, 0.2) is 0 Å². The molecule has 25 heavy (non-hydrogen) atoms. The lowest BCUT2D eigenvalue weighted by Gasteiger charge is -2.32. The predicted octanol–water partition coefficient (Wildman–Crippen LogP) is 1.29. The Kier molecular flexibility index (Phi) is 5.98. The third-order valence-electron chi connectivity index (χ3n) is 4.19. The third-order valence-corrected chi connectivity index (χ3v) is 4.19. The van der Waals surface area contributed by atoms with E-state index in [1.54, 1.807) is 18.0 Å². The number of carbonyl (C=O) groups is 2. The molecule has 0 unspecified atom stereocenters. The molecule has 0 spiro atoms. The van der Waals surface area contributed by atoms with E-state index in [-0.39, 0.29) is 29.8 Å². The van der Waals surface area contributed by atoms with E-state index in [1.807, 2.05) is 20.8 Å². The second-order valence-electron chi connectivity index (χ2n) is 7.58. The molecule has 138 valence electrons. The Morgan fingerprint density at radius 3 is 2.44 bits per heavy atom. The van der Waals surface area contributed by atoms with Crippen LogP contribution in [0.5, 0.6) is 0 Å². The number of esters is 1. The van der Waals surface area contributed by atoms with Crippen molar-refractivity contribution < 1.29 is 14.3 Å². The van der Waals surface area contributed by atoms with Gasteiger partial charge in [-0.1, -0.05) is 0 Å². The number of nitrogens with zero attached hydrogens (tertiary/aromatic N) is 3. The molecular weight excluding hydrogens is 322 g/mol. The predicted molar refractivity (Wildman–Crippen MR) is 92.9 cm³/mol. The standard InChI is InChI=1S/C18H27N3O4/c1-18(2,3)25-17(24)11-13-7-9-21(10-8-13)16(23)12-14-5-6-15(22)20(4)19-14/h5-6,13H,7-12H2,1-4H3. The summed E-state index contributed by atoms with van der Waals surface area (Å²) >= 11 is 0. The van der Waals surface area contributed by atoms with Crippen LogP contribution in [0, 0.1) is 5.92 Å². The zero-order valence-electron chi connectivity index (χ0n) is 15.4. The fourth-order valence-electron chi connectivity index (χ4n) is 2.92. The summed E-state index contributed by atoms with van der Waals surface area (Å²) in [5.74, 6) is 0.0862. The maximum atomic E-state index is 12.4. The molecule has 0 saturated carbocycles. The highest BCUT2D eigenvalue weighted by Crippen LogP contribution is 2.22. The van der Waals surface area contributed by atoms with E-state index in [9.17, 15) is 14.4 Å². The SMILES string of the molecule is Cn1nc(CC(=O)N2CCC(CC(=O)OC(C)(C)C)CC2)ccc1=O. The van der Waals surface area contributed by atoms with Crippen molar-refractivity contribution in [3.8, 4) is 0 Å². The first-order chi connectivity index (χ1) is 11.6. The van der Waals surface area contributed by atoms with Crippen LogP contribution in [0.1, 0.15) is 45.7 Å². The number of carbonyl (C=O) groups excluding carboxylic acids is 2. The van der Waals surface area contributed by atoms with Crippen LogP contribution in [0.2, 0.25) is 0 Å². The van der Waals surface area contributed by atoms with Crippen molar-refractivity contribution in [3.05, 3.63) is 28.2 Å². The van der Waals surface area contributed by atoms with Crippen molar-refractivity contribution >= 4 is 11.9 Å². The van der Waals surface area contributed by atoms with Gasteiger partial charge >= 0.3 is 5.97 Å². The number of hydrogen-bond donors (Lipinski definition) is 0. The Bertz CT molecular complexity index is 682.